The van der Waals surface area contributed by atoms with Gasteiger partial charge in [0.15, 0.2) is 0 Å². The molecule has 2 amide bonds. The molecule has 1 saturated carbocycles. The number of Topliss-reactive ketones (excluding diaryl/α,β-unsaturated/α-hetero) is 1. The number of hydrogen-bond donors (Lipinski definition) is 0. The molecular formula is C12H17NO4. The molecule has 5 heteroatoms. The Morgan fingerprint density at radius 2 is 2.00 bits per heavy atom. The summed E-state index contributed by atoms with van der Waals surface area (Å²) in [5.41, 5.74) is 0. The molecule has 2 aliphatic rings. The lowest BCUT2D eigenvalue weighted by Crippen LogP contribution is -2.45. The minimum atomic E-state index is -0.761. The fourth-order valence-electron chi connectivity index (χ4n) is 2.47. The van der Waals surface area contributed by atoms with Gasteiger partial charge >= 0.3 is 6.09 Å². The molecule has 0 aromatic heterocycles. The fraction of sp³-hybridized carbons (Fsp3) is 0.750. The third-order valence-corrected chi connectivity index (χ3v) is 3.67. The Balaban J connectivity index is 2.16. The average Bonchev–Trinajstić information content (AvgIpc) is 2.62. The first-order valence-corrected chi connectivity index (χ1v) is 6.06. The highest BCUT2D eigenvalue weighted by atomic mass is 16.6. The van der Waals surface area contributed by atoms with E-state index in [2.05, 4.69) is 0 Å². The summed E-state index contributed by atoms with van der Waals surface area (Å²) in [6, 6.07) is -0.162. The molecule has 0 aromatic carbocycles. The second-order valence-electron chi connectivity index (χ2n) is 4.81. The largest absolute Gasteiger partial charge is 0.444 e. The first-order chi connectivity index (χ1) is 8.02. The van der Waals surface area contributed by atoms with Gasteiger partial charge in [-0.25, -0.2) is 9.69 Å². The van der Waals surface area contributed by atoms with E-state index in [1.54, 1.807) is 0 Å². The molecule has 94 valence electrons. The molecule has 17 heavy (non-hydrogen) atoms. The summed E-state index contributed by atoms with van der Waals surface area (Å²) in [4.78, 5) is 36.1. The van der Waals surface area contributed by atoms with Crippen molar-refractivity contribution >= 4 is 17.8 Å². The quantitative estimate of drug-likeness (QED) is 0.685. The molecule has 0 radical (unpaired) electrons. The van der Waals surface area contributed by atoms with E-state index in [4.69, 9.17) is 4.74 Å². The number of carbonyl (C=O) groups is 3. The van der Waals surface area contributed by atoms with Gasteiger partial charge in [-0.15, -0.1) is 0 Å². The van der Waals surface area contributed by atoms with Crippen molar-refractivity contribution in [1.29, 1.82) is 0 Å². The third kappa shape index (κ3) is 2.06. The summed E-state index contributed by atoms with van der Waals surface area (Å²) in [5.74, 6) is -1.40. The molecule has 2 fully saturated rings. The molecular weight excluding hydrogens is 222 g/mol. The minimum absolute atomic E-state index is 0.162. The zero-order chi connectivity index (χ0) is 12.6. The maximum atomic E-state index is 12.1. The van der Waals surface area contributed by atoms with Crippen molar-refractivity contribution in [1.82, 2.24) is 4.90 Å². The first kappa shape index (κ1) is 12.1. The van der Waals surface area contributed by atoms with Gasteiger partial charge in [-0.3, -0.25) is 9.59 Å². The zero-order valence-corrected chi connectivity index (χ0v) is 10.1. The molecule has 2 rings (SSSR count). The van der Waals surface area contributed by atoms with Crippen LogP contribution in [-0.2, 0) is 14.3 Å². The summed E-state index contributed by atoms with van der Waals surface area (Å²) in [7, 11) is 0. The van der Waals surface area contributed by atoms with Gasteiger partial charge in [-0.2, -0.15) is 0 Å². The lowest BCUT2D eigenvalue weighted by atomic mass is 9.91. The number of ketones is 1. The molecule has 3 atom stereocenters. The van der Waals surface area contributed by atoms with Crippen LogP contribution in [0.2, 0.25) is 0 Å². The maximum Gasteiger partial charge on any atom is 0.417 e. The van der Waals surface area contributed by atoms with Crippen LogP contribution < -0.4 is 0 Å². The third-order valence-electron chi connectivity index (χ3n) is 3.67. The van der Waals surface area contributed by atoms with Crippen LogP contribution >= 0.6 is 0 Å². The van der Waals surface area contributed by atoms with Gasteiger partial charge in [0.1, 0.15) is 11.9 Å². The number of ether oxygens (including phenoxy) is 1. The highest BCUT2D eigenvalue weighted by Crippen LogP contribution is 2.32. The SMILES string of the molecule is CC(=O)[C@@H](C)C(=O)N1C(=O)O[C@H]2CCCC[C@@H]21. The van der Waals surface area contributed by atoms with Gasteiger partial charge < -0.3 is 4.74 Å². The zero-order valence-electron chi connectivity index (χ0n) is 10.1. The molecule has 1 aliphatic carbocycles. The lowest BCUT2D eigenvalue weighted by molar-refractivity contribution is -0.138. The van der Waals surface area contributed by atoms with Crippen molar-refractivity contribution in [2.75, 3.05) is 0 Å². The average molecular weight is 239 g/mol. The Morgan fingerprint density at radius 1 is 1.35 bits per heavy atom. The van der Waals surface area contributed by atoms with Crippen molar-refractivity contribution < 1.29 is 19.1 Å². The van der Waals surface area contributed by atoms with Gasteiger partial charge in [0, 0.05) is 0 Å². The second kappa shape index (κ2) is 4.47. The minimum Gasteiger partial charge on any atom is -0.444 e. The number of nitrogens with zero attached hydrogens (tertiary/aromatic N) is 1. The number of rotatable bonds is 2. The Kier molecular flexibility index (Phi) is 3.17. The van der Waals surface area contributed by atoms with E-state index >= 15 is 0 Å². The smallest absolute Gasteiger partial charge is 0.417 e. The lowest BCUT2D eigenvalue weighted by Gasteiger charge is -2.27. The number of imide groups is 1. The van der Waals surface area contributed by atoms with E-state index in [1.807, 2.05) is 0 Å². The van der Waals surface area contributed by atoms with Crippen LogP contribution in [0.5, 0.6) is 0 Å². The Bertz CT molecular complexity index is 366. The van der Waals surface area contributed by atoms with E-state index in [0.29, 0.717) is 0 Å². The number of carbonyl (C=O) groups excluding carboxylic acids is 3. The van der Waals surface area contributed by atoms with Gasteiger partial charge in [-0.05, 0) is 33.1 Å². The van der Waals surface area contributed by atoms with Crippen LogP contribution in [0.15, 0.2) is 0 Å². The number of hydrogen-bond acceptors (Lipinski definition) is 4. The molecule has 0 bridgehead atoms. The van der Waals surface area contributed by atoms with E-state index in [9.17, 15) is 14.4 Å². The summed E-state index contributed by atoms with van der Waals surface area (Å²) >= 11 is 0. The van der Waals surface area contributed by atoms with Gasteiger partial charge in [-0.1, -0.05) is 6.42 Å². The fourth-order valence-corrected chi connectivity index (χ4v) is 2.47. The standard InChI is InChI=1S/C12H17NO4/c1-7(8(2)14)11(15)13-9-5-3-4-6-10(9)17-12(13)16/h7,9-10H,3-6H2,1-2H3/t7-,9+,10+/m1/s1. The number of amides is 2. The predicted octanol–water partition coefficient (Wildman–Crippen LogP) is 1.50. The molecule has 0 N–H and O–H groups in total. The molecule has 1 aliphatic heterocycles. The topological polar surface area (TPSA) is 63.7 Å². The molecule has 0 aromatic rings. The molecule has 0 spiro atoms. The second-order valence-corrected chi connectivity index (χ2v) is 4.81. The normalized spacial score (nSPS) is 29.5. The predicted molar refractivity (Wildman–Crippen MR) is 59.2 cm³/mol. The van der Waals surface area contributed by atoms with E-state index in [-0.39, 0.29) is 17.9 Å². The van der Waals surface area contributed by atoms with Crippen LogP contribution in [0.3, 0.4) is 0 Å². The Labute approximate surface area is 100 Å². The van der Waals surface area contributed by atoms with Crippen molar-refractivity contribution in [3.8, 4) is 0 Å². The van der Waals surface area contributed by atoms with Crippen LogP contribution in [0.4, 0.5) is 4.79 Å². The highest BCUT2D eigenvalue weighted by Gasteiger charge is 2.47. The highest BCUT2D eigenvalue weighted by molar-refractivity contribution is 6.05. The molecule has 0 unspecified atom stereocenters. The van der Waals surface area contributed by atoms with Crippen molar-refractivity contribution in [2.24, 2.45) is 5.92 Å². The first-order valence-electron chi connectivity index (χ1n) is 6.06. The maximum absolute atomic E-state index is 12.1. The summed E-state index contributed by atoms with van der Waals surface area (Å²) in [6.45, 7) is 2.90. The van der Waals surface area contributed by atoms with Crippen molar-refractivity contribution in [3.63, 3.8) is 0 Å². The van der Waals surface area contributed by atoms with E-state index < -0.39 is 17.9 Å². The summed E-state index contributed by atoms with van der Waals surface area (Å²) < 4.78 is 5.18. The van der Waals surface area contributed by atoms with Crippen LogP contribution in [-0.4, -0.2) is 34.8 Å². The molecule has 1 heterocycles. The summed E-state index contributed by atoms with van der Waals surface area (Å²) in [5, 5.41) is 0. The van der Waals surface area contributed by atoms with Crippen LogP contribution in [0.25, 0.3) is 0 Å². The molecule has 1 saturated heterocycles. The van der Waals surface area contributed by atoms with Crippen LogP contribution in [0, 0.1) is 5.92 Å². The van der Waals surface area contributed by atoms with E-state index in [0.717, 1.165) is 30.6 Å². The van der Waals surface area contributed by atoms with Gasteiger partial charge in [0.25, 0.3) is 0 Å². The Hall–Kier alpha value is -1.39. The van der Waals surface area contributed by atoms with Crippen LogP contribution in [0.1, 0.15) is 39.5 Å². The Morgan fingerprint density at radius 3 is 2.65 bits per heavy atom. The molecule has 5 nitrogen and oxygen atoms in total. The number of fused-ring (bicyclic) bond motifs is 1. The van der Waals surface area contributed by atoms with Crippen molar-refractivity contribution in [3.05, 3.63) is 0 Å². The van der Waals surface area contributed by atoms with Crippen molar-refractivity contribution in [2.45, 2.75) is 51.7 Å². The monoisotopic (exact) mass is 239 g/mol. The summed E-state index contributed by atoms with van der Waals surface area (Å²) in [6.07, 6.45) is 2.87. The van der Waals surface area contributed by atoms with Gasteiger partial charge in [0.2, 0.25) is 5.91 Å². The van der Waals surface area contributed by atoms with E-state index in [1.165, 1.54) is 13.8 Å². The van der Waals surface area contributed by atoms with Gasteiger partial charge in [0.05, 0.1) is 12.0 Å².